The second-order valence-corrected chi connectivity index (χ2v) is 7.12. The second-order valence-electron chi connectivity index (χ2n) is 7.12. The van der Waals surface area contributed by atoms with E-state index in [9.17, 15) is 0 Å². The summed E-state index contributed by atoms with van der Waals surface area (Å²) < 4.78 is 11.8. The number of ether oxygens (including phenoxy) is 2. The predicted molar refractivity (Wildman–Crippen MR) is 72.5 cm³/mol. The van der Waals surface area contributed by atoms with Crippen molar-refractivity contribution in [2.75, 3.05) is 6.61 Å². The largest absolute Gasteiger partial charge is 0.369 e. The zero-order valence-electron chi connectivity index (χ0n) is 12.2. The highest BCUT2D eigenvalue weighted by Gasteiger charge is 2.61. The minimum Gasteiger partial charge on any atom is -0.369 e. The van der Waals surface area contributed by atoms with Crippen LogP contribution in [0.25, 0.3) is 0 Å². The quantitative estimate of drug-likeness (QED) is 0.696. The molecule has 2 heteroatoms. The molecular weight excluding hydrogens is 224 g/mol. The lowest BCUT2D eigenvalue weighted by atomic mass is 9.71. The van der Waals surface area contributed by atoms with Crippen LogP contribution in [-0.2, 0) is 9.47 Å². The molecule has 2 aliphatic heterocycles. The van der Waals surface area contributed by atoms with Gasteiger partial charge in [-0.1, -0.05) is 27.2 Å². The van der Waals surface area contributed by atoms with Gasteiger partial charge in [-0.05, 0) is 43.9 Å². The van der Waals surface area contributed by atoms with Gasteiger partial charge < -0.3 is 9.47 Å². The first-order valence-corrected chi connectivity index (χ1v) is 7.94. The average molecular weight is 252 g/mol. The fourth-order valence-electron chi connectivity index (χ4n) is 3.82. The minimum atomic E-state index is 0.253. The molecule has 0 aromatic carbocycles. The summed E-state index contributed by atoms with van der Waals surface area (Å²) in [6.07, 6.45) is 8.97. The molecule has 0 amide bonds. The smallest absolute Gasteiger partial charge is 0.0970 e. The number of rotatable bonds is 5. The standard InChI is InChI=1S/C16H28O2/c1-4-12-7-8-16(10-17-16)13(9-12)15-14(18-15)6-5-11(2)3/h11-15H,4-10H2,1-3H3. The van der Waals surface area contributed by atoms with Crippen molar-refractivity contribution in [2.45, 2.75) is 77.1 Å². The molecule has 2 saturated heterocycles. The Morgan fingerprint density at radius 3 is 2.72 bits per heavy atom. The topological polar surface area (TPSA) is 25.1 Å². The van der Waals surface area contributed by atoms with E-state index in [1.54, 1.807) is 0 Å². The van der Waals surface area contributed by atoms with Crippen molar-refractivity contribution >= 4 is 0 Å². The molecule has 3 fully saturated rings. The van der Waals surface area contributed by atoms with Gasteiger partial charge in [-0.2, -0.15) is 0 Å². The molecule has 2 nitrogen and oxygen atoms in total. The summed E-state index contributed by atoms with van der Waals surface area (Å²) in [5.74, 6) is 2.42. The van der Waals surface area contributed by atoms with Gasteiger partial charge in [0.25, 0.3) is 0 Å². The molecule has 0 radical (unpaired) electrons. The zero-order chi connectivity index (χ0) is 12.8. The molecule has 2 heterocycles. The Hall–Kier alpha value is -0.0800. The fourth-order valence-corrected chi connectivity index (χ4v) is 3.82. The first kappa shape index (κ1) is 12.9. The Kier molecular flexibility index (Phi) is 3.44. The van der Waals surface area contributed by atoms with Crippen LogP contribution in [0.1, 0.15) is 59.3 Å². The van der Waals surface area contributed by atoms with Gasteiger partial charge in [-0.25, -0.2) is 0 Å². The SMILES string of the molecule is CCC1CCC2(CO2)C(C2OC2CCC(C)C)C1. The summed E-state index contributed by atoms with van der Waals surface area (Å²) in [4.78, 5) is 0. The van der Waals surface area contributed by atoms with Crippen LogP contribution in [0.4, 0.5) is 0 Å². The maximum Gasteiger partial charge on any atom is 0.0970 e. The molecular formula is C16H28O2. The van der Waals surface area contributed by atoms with Crippen molar-refractivity contribution in [3.63, 3.8) is 0 Å². The highest BCUT2D eigenvalue weighted by atomic mass is 16.6. The van der Waals surface area contributed by atoms with Crippen LogP contribution < -0.4 is 0 Å². The van der Waals surface area contributed by atoms with Gasteiger partial charge in [0, 0.05) is 5.92 Å². The van der Waals surface area contributed by atoms with Gasteiger partial charge in [0.15, 0.2) is 0 Å². The number of hydrogen-bond acceptors (Lipinski definition) is 2. The van der Waals surface area contributed by atoms with Gasteiger partial charge in [0.1, 0.15) is 0 Å². The summed E-state index contributed by atoms with van der Waals surface area (Å²) in [7, 11) is 0. The third-order valence-electron chi connectivity index (χ3n) is 5.38. The zero-order valence-corrected chi connectivity index (χ0v) is 12.2. The van der Waals surface area contributed by atoms with E-state index in [0.717, 1.165) is 18.4 Å². The van der Waals surface area contributed by atoms with Crippen LogP contribution in [0.3, 0.4) is 0 Å². The Balaban J connectivity index is 1.55. The molecule has 1 spiro atoms. The predicted octanol–water partition coefficient (Wildman–Crippen LogP) is 3.79. The maximum absolute atomic E-state index is 6.00. The Morgan fingerprint density at radius 1 is 1.33 bits per heavy atom. The summed E-state index contributed by atoms with van der Waals surface area (Å²) in [5.41, 5.74) is 0.253. The molecule has 0 aromatic heterocycles. The molecule has 18 heavy (non-hydrogen) atoms. The molecule has 0 aromatic rings. The van der Waals surface area contributed by atoms with Crippen LogP contribution in [-0.4, -0.2) is 24.4 Å². The first-order chi connectivity index (χ1) is 8.64. The molecule has 5 atom stereocenters. The average Bonchev–Trinajstić information content (AvgIpc) is 3.24. The lowest BCUT2D eigenvalue weighted by Crippen LogP contribution is -2.36. The summed E-state index contributed by atoms with van der Waals surface area (Å²) >= 11 is 0. The van der Waals surface area contributed by atoms with Gasteiger partial charge in [-0.15, -0.1) is 0 Å². The second kappa shape index (κ2) is 4.79. The van der Waals surface area contributed by atoms with Crippen molar-refractivity contribution < 1.29 is 9.47 Å². The Bertz CT molecular complexity index is 295. The van der Waals surface area contributed by atoms with Crippen molar-refractivity contribution in [1.29, 1.82) is 0 Å². The van der Waals surface area contributed by atoms with Gasteiger partial charge >= 0.3 is 0 Å². The van der Waals surface area contributed by atoms with Gasteiger partial charge in [0.05, 0.1) is 24.4 Å². The third-order valence-corrected chi connectivity index (χ3v) is 5.38. The minimum absolute atomic E-state index is 0.253. The molecule has 104 valence electrons. The van der Waals surface area contributed by atoms with Crippen molar-refractivity contribution in [1.82, 2.24) is 0 Å². The van der Waals surface area contributed by atoms with Crippen molar-refractivity contribution in [3.8, 4) is 0 Å². The van der Waals surface area contributed by atoms with Gasteiger partial charge in [-0.3, -0.25) is 0 Å². The molecule has 0 N–H and O–H groups in total. The Labute approximate surface area is 111 Å². The van der Waals surface area contributed by atoms with Crippen LogP contribution in [0.5, 0.6) is 0 Å². The van der Waals surface area contributed by atoms with E-state index in [0.29, 0.717) is 18.1 Å². The maximum atomic E-state index is 6.00. The van der Waals surface area contributed by atoms with Crippen LogP contribution in [0, 0.1) is 17.8 Å². The normalized spacial score (nSPS) is 46.7. The van der Waals surface area contributed by atoms with Gasteiger partial charge in [0.2, 0.25) is 0 Å². The lowest BCUT2D eigenvalue weighted by Gasteiger charge is -2.33. The van der Waals surface area contributed by atoms with E-state index in [2.05, 4.69) is 20.8 Å². The molecule has 1 aliphatic carbocycles. The van der Waals surface area contributed by atoms with E-state index in [1.165, 1.54) is 38.5 Å². The van der Waals surface area contributed by atoms with E-state index in [4.69, 9.17) is 9.47 Å². The van der Waals surface area contributed by atoms with Crippen LogP contribution in [0.15, 0.2) is 0 Å². The molecule has 0 bridgehead atoms. The lowest BCUT2D eigenvalue weighted by molar-refractivity contribution is 0.0976. The van der Waals surface area contributed by atoms with Crippen molar-refractivity contribution in [3.05, 3.63) is 0 Å². The van der Waals surface area contributed by atoms with E-state index in [1.807, 2.05) is 0 Å². The fraction of sp³-hybridized carbons (Fsp3) is 1.00. The highest BCUT2D eigenvalue weighted by molar-refractivity contribution is 5.09. The third kappa shape index (κ3) is 2.46. The molecule has 1 saturated carbocycles. The van der Waals surface area contributed by atoms with E-state index < -0.39 is 0 Å². The summed E-state index contributed by atoms with van der Waals surface area (Å²) in [5, 5.41) is 0. The molecule has 5 unspecified atom stereocenters. The van der Waals surface area contributed by atoms with Crippen LogP contribution >= 0.6 is 0 Å². The van der Waals surface area contributed by atoms with E-state index in [-0.39, 0.29) is 5.60 Å². The van der Waals surface area contributed by atoms with E-state index >= 15 is 0 Å². The first-order valence-electron chi connectivity index (χ1n) is 7.94. The highest BCUT2D eigenvalue weighted by Crippen LogP contribution is 2.54. The van der Waals surface area contributed by atoms with Crippen LogP contribution in [0.2, 0.25) is 0 Å². The number of hydrogen-bond donors (Lipinski definition) is 0. The monoisotopic (exact) mass is 252 g/mol. The molecule has 3 aliphatic rings. The Morgan fingerprint density at radius 2 is 2.11 bits per heavy atom. The van der Waals surface area contributed by atoms with Crippen molar-refractivity contribution in [2.24, 2.45) is 17.8 Å². The summed E-state index contributed by atoms with van der Waals surface area (Å²) in [6.45, 7) is 7.94. The number of epoxide rings is 2. The molecule has 3 rings (SSSR count). The summed E-state index contributed by atoms with van der Waals surface area (Å²) in [6, 6.07) is 0.